The van der Waals surface area contributed by atoms with Crippen molar-refractivity contribution in [3.8, 4) is 17.6 Å². The summed E-state index contributed by atoms with van der Waals surface area (Å²) in [6.45, 7) is 2.32. The van der Waals surface area contributed by atoms with E-state index in [9.17, 15) is 10.1 Å². The molecule has 1 fully saturated rings. The normalized spacial score (nSPS) is 14.5. The van der Waals surface area contributed by atoms with E-state index in [0.717, 1.165) is 12.1 Å². The Kier molecular flexibility index (Phi) is 10.8. The standard InChI is InChI=1S/C33H33ClN6O5/c1-40(12-13-41)11-4-6-32(42)39-29-16-26-28(17-31(29)45-25-9-14-43-21-25)37-19-22(18-35)33(26)38-23-7-8-30(27(34)15-23)44-20-24-5-2-3-10-36-24/h2-8,10,15-17,19,25,41H,9,11-14,20-21H2,1H3,(H,37,38)(H,39,42)/b6-4+. The van der Waals surface area contributed by atoms with Crippen LogP contribution in [0.4, 0.5) is 17.1 Å². The highest BCUT2D eigenvalue weighted by Crippen LogP contribution is 2.38. The largest absolute Gasteiger partial charge is 0.486 e. The predicted octanol–water partition coefficient (Wildman–Crippen LogP) is 5.06. The molecule has 45 heavy (non-hydrogen) atoms. The highest BCUT2D eigenvalue weighted by atomic mass is 35.5. The molecule has 1 saturated heterocycles. The number of nitrogens with zero attached hydrogens (tertiary/aromatic N) is 4. The molecule has 0 radical (unpaired) electrons. The van der Waals surface area contributed by atoms with Gasteiger partial charge in [-0.25, -0.2) is 0 Å². The number of fused-ring (bicyclic) bond motifs is 1. The third kappa shape index (κ3) is 8.47. The molecule has 0 saturated carbocycles. The molecule has 1 aliphatic heterocycles. The number of aliphatic hydroxyl groups is 1. The second-order valence-electron chi connectivity index (χ2n) is 10.4. The number of anilines is 3. The summed E-state index contributed by atoms with van der Waals surface area (Å²) in [5.74, 6) is 0.579. The number of carbonyl (C=O) groups is 1. The molecule has 1 atom stereocenters. The molecule has 0 spiro atoms. The number of benzene rings is 2. The van der Waals surface area contributed by atoms with Crippen molar-refractivity contribution in [2.75, 3.05) is 50.6 Å². The number of aliphatic hydroxyl groups excluding tert-OH is 1. The average molecular weight is 629 g/mol. The van der Waals surface area contributed by atoms with Crippen LogP contribution in [0.5, 0.6) is 11.5 Å². The number of pyridine rings is 2. The molecule has 3 N–H and O–H groups in total. The van der Waals surface area contributed by atoms with Gasteiger partial charge >= 0.3 is 0 Å². The van der Waals surface area contributed by atoms with Crippen molar-refractivity contribution in [1.82, 2.24) is 14.9 Å². The van der Waals surface area contributed by atoms with Crippen LogP contribution in [0.3, 0.4) is 0 Å². The Morgan fingerprint density at radius 3 is 2.87 bits per heavy atom. The lowest BCUT2D eigenvalue weighted by Gasteiger charge is -2.19. The first-order chi connectivity index (χ1) is 21.9. The molecule has 3 heterocycles. The Bertz CT molecular complexity index is 1710. The summed E-state index contributed by atoms with van der Waals surface area (Å²) in [7, 11) is 1.85. The zero-order valence-corrected chi connectivity index (χ0v) is 25.5. The zero-order chi connectivity index (χ0) is 31.6. The maximum absolute atomic E-state index is 12.9. The van der Waals surface area contributed by atoms with Crippen LogP contribution in [-0.4, -0.2) is 71.9 Å². The fourth-order valence-corrected chi connectivity index (χ4v) is 4.91. The van der Waals surface area contributed by atoms with Gasteiger partial charge in [0.05, 0.1) is 53.0 Å². The minimum atomic E-state index is -0.355. The number of likely N-dealkylation sites (N-methyl/N-ethyl adjacent to an activating group) is 1. The summed E-state index contributed by atoms with van der Waals surface area (Å²) in [4.78, 5) is 23.6. The van der Waals surface area contributed by atoms with E-state index < -0.39 is 0 Å². The van der Waals surface area contributed by atoms with Crippen molar-refractivity contribution in [3.05, 3.63) is 89.4 Å². The molecule has 1 aliphatic rings. The quantitative estimate of drug-likeness (QED) is 0.172. The third-order valence-electron chi connectivity index (χ3n) is 7.00. The Morgan fingerprint density at radius 2 is 2.13 bits per heavy atom. The Hall–Kier alpha value is -4.73. The number of halogens is 1. The topological polar surface area (TPSA) is 142 Å². The Morgan fingerprint density at radius 1 is 1.24 bits per heavy atom. The van der Waals surface area contributed by atoms with Crippen LogP contribution in [-0.2, 0) is 16.1 Å². The zero-order valence-electron chi connectivity index (χ0n) is 24.7. The molecule has 2 aromatic heterocycles. The number of hydrogen-bond acceptors (Lipinski definition) is 10. The van der Waals surface area contributed by atoms with Crippen LogP contribution in [0.1, 0.15) is 17.7 Å². The van der Waals surface area contributed by atoms with Gasteiger partial charge in [-0.2, -0.15) is 5.26 Å². The van der Waals surface area contributed by atoms with Gasteiger partial charge in [0.15, 0.2) is 0 Å². The lowest BCUT2D eigenvalue weighted by atomic mass is 10.1. The molecule has 1 amide bonds. The van der Waals surface area contributed by atoms with Gasteiger partial charge in [-0.15, -0.1) is 0 Å². The van der Waals surface area contributed by atoms with E-state index in [0.29, 0.717) is 76.4 Å². The van der Waals surface area contributed by atoms with Crippen LogP contribution < -0.4 is 20.1 Å². The van der Waals surface area contributed by atoms with Crippen LogP contribution in [0, 0.1) is 11.3 Å². The minimum absolute atomic E-state index is 0.0321. The van der Waals surface area contributed by atoms with Gasteiger partial charge in [0, 0.05) is 55.1 Å². The van der Waals surface area contributed by atoms with Crippen LogP contribution in [0.25, 0.3) is 10.9 Å². The highest BCUT2D eigenvalue weighted by molar-refractivity contribution is 6.32. The van der Waals surface area contributed by atoms with Crippen molar-refractivity contribution in [2.24, 2.45) is 0 Å². The molecule has 1 unspecified atom stereocenters. The number of rotatable bonds is 13. The van der Waals surface area contributed by atoms with Gasteiger partial charge in [-0.3, -0.25) is 14.8 Å². The maximum atomic E-state index is 12.9. The van der Waals surface area contributed by atoms with E-state index in [4.69, 9.17) is 30.9 Å². The van der Waals surface area contributed by atoms with Gasteiger partial charge < -0.3 is 34.9 Å². The Balaban J connectivity index is 1.43. The monoisotopic (exact) mass is 628 g/mol. The van der Waals surface area contributed by atoms with Gasteiger partial charge in [0.2, 0.25) is 5.91 Å². The first kappa shape index (κ1) is 31.7. The number of nitrogens with one attached hydrogen (secondary N) is 2. The van der Waals surface area contributed by atoms with Crippen molar-refractivity contribution in [1.29, 1.82) is 5.26 Å². The lowest BCUT2D eigenvalue weighted by molar-refractivity contribution is -0.111. The first-order valence-electron chi connectivity index (χ1n) is 14.4. The summed E-state index contributed by atoms with van der Waals surface area (Å²) in [5, 5.41) is 26.3. The molecular formula is C33H33ClN6O5. The molecule has 232 valence electrons. The van der Waals surface area contributed by atoms with E-state index in [1.165, 1.54) is 12.3 Å². The summed E-state index contributed by atoms with van der Waals surface area (Å²) in [6, 6.07) is 16.5. The van der Waals surface area contributed by atoms with E-state index >= 15 is 0 Å². The average Bonchev–Trinajstić information content (AvgIpc) is 3.55. The maximum Gasteiger partial charge on any atom is 0.248 e. The van der Waals surface area contributed by atoms with Crippen LogP contribution in [0.2, 0.25) is 5.02 Å². The number of ether oxygens (including phenoxy) is 3. The van der Waals surface area contributed by atoms with E-state index in [-0.39, 0.29) is 25.2 Å². The number of hydrogen-bond donors (Lipinski definition) is 3. The number of carbonyl (C=O) groups excluding carboxylic acids is 1. The Labute approximate surface area is 266 Å². The summed E-state index contributed by atoms with van der Waals surface area (Å²) < 4.78 is 17.6. The second kappa shape index (κ2) is 15.3. The molecule has 0 aliphatic carbocycles. The minimum Gasteiger partial charge on any atom is -0.486 e. The third-order valence-corrected chi connectivity index (χ3v) is 7.30. The molecule has 12 heteroatoms. The van der Waals surface area contributed by atoms with Crippen LogP contribution in [0.15, 0.2) is 73.1 Å². The van der Waals surface area contributed by atoms with Crippen LogP contribution >= 0.6 is 11.6 Å². The first-order valence-corrected chi connectivity index (χ1v) is 14.8. The smallest absolute Gasteiger partial charge is 0.248 e. The van der Waals surface area contributed by atoms with Crippen molar-refractivity contribution in [2.45, 2.75) is 19.1 Å². The summed E-state index contributed by atoms with van der Waals surface area (Å²) in [6.07, 6.45) is 6.89. The van der Waals surface area contributed by atoms with Crippen molar-refractivity contribution >= 4 is 45.5 Å². The summed E-state index contributed by atoms with van der Waals surface area (Å²) in [5.41, 5.74) is 3.17. The van der Waals surface area contributed by atoms with E-state index in [1.54, 1.807) is 42.6 Å². The van der Waals surface area contributed by atoms with Gasteiger partial charge in [-0.1, -0.05) is 23.7 Å². The van der Waals surface area contributed by atoms with Gasteiger partial charge in [-0.05, 0) is 43.4 Å². The van der Waals surface area contributed by atoms with Crippen molar-refractivity contribution < 1.29 is 24.1 Å². The fourth-order valence-electron chi connectivity index (χ4n) is 4.67. The van der Waals surface area contributed by atoms with Gasteiger partial charge in [0.1, 0.15) is 30.3 Å². The fraction of sp³-hybridized carbons (Fsp3) is 0.273. The number of amides is 1. The molecule has 0 bridgehead atoms. The molecule has 11 nitrogen and oxygen atoms in total. The van der Waals surface area contributed by atoms with E-state index in [1.807, 2.05) is 30.1 Å². The predicted molar refractivity (Wildman–Crippen MR) is 172 cm³/mol. The SMILES string of the molecule is CN(C/C=C/C(=O)Nc1cc2c(Nc3ccc(OCc4ccccn4)c(Cl)c3)c(C#N)cnc2cc1OC1CCOC1)CCO. The molecular weight excluding hydrogens is 596 g/mol. The molecule has 2 aromatic carbocycles. The molecule has 5 rings (SSSR count). The highest BCUT2D eigenvalue weighted by Gasteiger charge is 2.21. The lowest BCUT2D eigenvalue weighted by Crippen LogP contribution is -2.22. The van der Waals surface area contributed by atoms with E-state index in [2.05, 4.69) is 26.7 Å². The molecule has 4 aromatic rings. The summed E-state index contributed by atoms with van der Waals surface area (Å²) >= 11 is 6.56. The number of nitriles is 1. The number of aromatic nitrogens is 2. The second-order valence-corrected chi connectivity index (χ2v) is 10.8. The van der Waals surface area contributed by atoms with Crippen molar-refractivity contribution in [3.63, 3.8) is 0 Å². The van der Waals surface area contributed by atoms with Gasteiger partial charge in [0.25, 0.3) is 0 Å².